The molecule has 2 rings (SSSR count). The van der Waals surface area contributed by atoms with Crippen LogP contribution < -0.4 is 5.73 Å². The molecule has 0 aliphatic rings. The molecule has 0 radical (unpaired) electrons. The van der Waals surface area contributed by atoms with Crippen molar-refractivity contribution in [2.24, 2.45) is 5.73 Å². The molecule has 0 saturated carbocycles. The summed E-state index contributed by atoms with van der Waals surface area (Å²) in [6.07, 6.45) is 1.62. The van der Waals surface area contributed by atoms with Gasteiger partial charge < -0.3 is 10.2 Å². The highest BCUT2D eigenvalue weighted by Gasteiger charge is 2.11. The first-order chi connectivity index (χ1) is 6.27. The Morgan fingerprint density at radius 2 is 2.38 bits per heavy atom. The molecule has 2 heterocycles. The minimum atomic E-state index is -0.246. The van der Waals surface area contributed by atoms with Crippen molar-refractivity contribution in [1.29, 1.82) is 0 Å². The van der Waals surface area contributed by atoms with Crippen molar-refractivity contribution in [2.45, 2.75) is 13.0 Å². The van der Waals surface area contributed by atoms with Crippen LogP contribution in [0.2, 0.25) is 0 Å². The molecule has 0 amide bonds. The number of H-pyrrole nitrogens is 1. The van der Waals surface area contributed by atoms with Crippen LogP contribution in [0.3, 0.4) is 0 Å². The Morgan fingerprint density at radius 3 is 2.92 bits per heavy atom. The van der Waals surface area contributed by atoms with Crippen LogP contribution in [-0.2, 0) is 0 Å². The Bertz CT molecular complexity index is 377. The van der Waals surface area contributed by atoms with Crippen LogP contribution in [0, 0.1) is 0 Å². The SMILES string of the molecule is CC(N)c1nnc(-c2ccn[nH]2)o1. The van der Waals surface area contributed by atoms with E-state index >= 15 is 0 Å². The molecule has 0 aliphatic heterocycles. The van der Waals surface area contributed by atoms with Gasteiger partial charge in [-0.15, -0.1) is 10.2 Å². The van der Waals surface area contributed by atoms with Crippen molar-refractivity contribution in [2.75, 3.05) is 0 Å². The van der Waals surface area contributed by atoms with Gasteiger partial charge in [-0.05, 0) is 13.0 Å². The van der Waals surface area contributed by atoms with E-state index < -0.39 is 0 Å². The molecule has 3 N–H and O–H groups in total. The zero-order valence-corrected chi connectivity index (χ0v) is 7.06. The summed E-state index contributed by atoms with van der Waals surface area (Å²) in [4.78, 5) is 0. The number of aromatic amines is 1. The number of rotatable bonds is 2. The molecule has 6 heteroatoms. The van der Waals surface area contributed by atoms with Crippen LogP contribution in [0.15, 0.2) is 16.7 Å². The Hall–Kier alpha value is -1.69. The second kappa shape index (κ2) is 2.98. The molecule has 0 bridgehead atoms. The van der Waals surface area contributed by atoms with Crippen molar-refractivity contribution in [3.63, 3.8) is 0 Å². The van der Waals surface area contributed by atoms with E-state index in [-0.39, 0.29) is 6.04 Å². The third-order valence-electron chi connectivity index (χ3n) is 1.56. The minimum Gasteiger partial charge on any atom is -0.418 e. The van der Waals surface area contributed by atoms with Gasteiger partial charge in [-0.3, -0.25) is 5.10 Å². The highest BCUT2D eigenvalue weighted by molar-refractivity contribution is 5.44. The Balaban J connectivity index is 2.33. The number of nitrogens with zero attached hydrogens (tertiary/aromatic N) is 3. The van der Waals surface area contributed by atoms with Crippen LogP contribution in [0.5, 0.6) is 0 Å². The molecule has 6 nitrogen and oxygen atoms in total. The Kier molecular flexibility index (Phi) is 1.82. The van der Waals surface area contributed by atoms with Crippen molar-refractivity contribution >= 4 is 0 Å². The summed E-state index contributed by atoms with van der Waals surface area (Å²) in [5, 5.41) is 14.1. The van der Waals surface area contributed by atoms with Gasteiger partial charge in [0.2, 0.25) is 5.89 Å². The van der Waals surface area contributed by atoms with E-state index in [1.54, 1.807) is 19.2 Å². The Morgan fingerprint density at radius 1 is 1.54 bits per heavy atom. The molecule has 0 saturated heterocycles. The van der Waals surface area contributed by atoms with Crippen molar-refractivity contribution in [3.8, 4) is 11.6 Å². The van der Waals surface area contributed by atoms with Gasteiger partial charge in [0.1, 0.15) is 5.69 Å². The predicted octanol–water partition coefficient (Wildman–Crippen LogP) is 0.479. The summed E-state index contributed by atoms with van der Waals surface area (Å²) in [6, 6.07) is 1.50. The van der Waals surface area contributed by atoms with Crippen LogP contribution in [0.4, 0.5) is 0 Å². The van der Waals surface area contributed by atoms with E-state index in [4.69, 9.17) is 10.2 Å². The molecular formula is C7H9N5O. The number of hydrogen-bond donors (Lipinski definition) is 2. The van der Waals surface area contributed by atoms with Crippen LogP contribution in [0.25, 0.3) is 11.6 Å². The average Bonchev–Trinajstić information content (AvgIpc) is 2.75. The molecule has 2 aromatic heterocycles. The summed E-state index contributed by atoms with van der Waals surface area (Å²) in [5.74, 6) is 0.828. The summed E-state index contributed by atoms with van der Waals surface area (Å²) < 4.78 is 5.27. The topological polar surface area (TPSA) is 93.6 Å². The van der Waals surface area contributed by atoms with E-state index in [0.29, 0.717) is 17.5 Å². The molecule has 0 fully saturated rings. The zero-order valence-electron chi connectivity index (χ0n) is 7.06. The first-order valence-corrected chi connectivity index (χ1v) is 3.86. The molecule has 13 heavy (non-hydrogen) atoms. The van der Waals surface area contributed by atoms with Gasteiger partial charge in [0.05, 0.1) is 6.04 Å². The third-order valence-corrected chi connectivity index (χ3v) is 1.56. The largest absolute Gasteiger partial charge is 0.418 e. The fourth-order valence-corrected chi connectivity index (χ4v) is 0.902. The maximum Gasteiger partial charge on any atom is 0.265 e. The summed E-state index contributed by atoms with van der Waals surface area (Å²) >= 11 is 0. The molecule has 0 aliphatic carbocycles. The van der Waals surface area contributed by atoms with Crippen LogP contribution in [-0.4, -0.2) is 20.4 Å². The second-order valence-corrected chi connectivity index (χ2v) is 2.70. The van der Waals surface area contributed by atoms with Gasteiger partial charge >= 0.3 is 0 Å². The van der Waals surface area contributed by atoms with Gasteiger partial charge in [-0.2, -0.15) is 5.10 Å². The lowest BCUT2D eigenvalue weighted by molar-refractivity contribution is 0.472. The van der Waals surface area contributed by atoms with E-state index in [9.17, 15) is 0 Å². The molecular weight excluding hydrogens is 170 g/mol. The van der Waals surface area contributed by atoms with Gasteiger partial charge in [0, 0.05) is 6.20 Å². The summed E-state index contributed by atoms with van der Waals surface area (Å²) in [5.41, 5.74) is 6.25. The zero-order chi connectivity index (χ0) is 9.26. The second-order valence-electron chi connectivity index (χ2n) is 2.70. The highest BCUT2D eigenvalue weighted by atomic mass is 16.4. The number of nitrogens with one attached hydrogen (secondary N) is 1. The quantitative estimate of drug-likeness (QED) is 0.699. The fourth-order valence-electron chi connectivity index (χ4n) is 0.902. The summed E-state index contributed by atoms with van der Waals surface area (Å²) in [6.45, 7) is 1.78. The Labute approximate surface area is 74.2 Å². The van der Waals surface area contributed by atoms with Crippen molar-refractivity contribution in [3.05, 3.63) is 18.2 Å². The normalized spacial score (nSPS) is 13.1. The smallest absolute Gasteiger partial charge is 0.265 e. The highest BCUT2D eigenvalue weighted by Crippen LogP contribution is 2.16. The third kappa shape index (κ3) is 1.43. The fraction of sp³-hybridized carbons (Fsp3) is 0.286. The first-order valence-electron chi connectivity index (χ1n) is 3.86. The number of hydrogen-bond acceptors (Lipinski definition) is 5. The number of aromatic nitrogens is 4. The molecule has 2 aromatic rings. The first kappa shape index (κ1) is 7.93. The minimum absolute atomic E-state index is 0.246. The molecule has 1 atom stereocenters. The van der Waals surface area contributed by atoms with Crippen molar-refractivity contribution < 1.29 is 4.42 Å². The predicted molar refractivity (Wildman–Crippen MR) is 44.5 cm³/mol. The van der Waals surface area contributed by atoms with E-state index in [2.05, 4.69) is 20.4 Å². The van der Waals surface area contributed by atoms with Crippen LogP contribution >= 0.6 is 0 Å². The molecule has 1 unspecified atom stereocenters. The monoisotopic (exact) mass is 179 g/mol. The molecule has 68 valence electrons. The standard InChI is InChI=1S/C7H9N5O/c1-4(8)6-11-12-7(13-6)5-2-3-9-10-5/h2-4H,8H2,1H3,(H,9,10). The van der Waals surface area contributed by atoms with Gasteiger partial charge in [-0.25, -0.2) is 0 Å². The van der Waals surface area contributed by atoms with E-state index in [1.165, 1.54) is 0 Å². The van der Waals surface area contributed by atoms with Gasteiger partial charge in [0.25, 0.3) is 5.89 Å². The maximum absolute atomic E-state index is 5.56. The molecule has 0 aromatic carbocycles. The van der Waals surface area contributed by atoms with Gasteiger partial charge in [-0.1, -0.05) is 0 Å². The lowest BCUT2D eigenvalue weighted by Gasteiger charge is -1.93. The van der Waals surface area contributed by atoms with Crippen LogP contribution in [0.1, 0.15) is 18.9 Å². The van der Waals surface area contributed by atoms with Gasteiger partial charge in [0.15, 0.2) is 0 Å². The van der Waals surface area contributed by atoms with Crippen molar-refractivity contribution in [1.82, 2.24) is 20.4 Å². The molecule has 0 spiro atoms. The van der Waals surface area contributed by atoms with E-state index in [0.717, 1.165) is 0 Å². The lowest BCUT2D eigenvalue weighted by Crippen LogP contribution is -2.04. The number of nitrogens with two attached hydrogens (primary N) is 1. The summed E-state index contributed by atoms with van der Waals surface area (Å²) in [7, 11) is 0. The van der Waals surface area contributed by atoms with E-state index in [1.807, 2.05) is 0 Å². The lowest BCUT2D eigenvalue weighted by atomic mass is 10.4. The average molecular weight is 179 g/mol. The maximum atomic E-state index is 5.56.